The van der Waals surface area contributed by atoms with E-state index < -0.39 is 0 Å². The van der Waals surface area contributed by atoms with Crippen LogP contribution in [-0.4, -0.2) is 7.11 Å². The molecule has 1 radical (unpaired) electrons. The number of methoxy groups -OCH3 is 1. The van der Waals surface area contributed by atoms with Crippen molar-refractivity contribution in [2.75, 3.05) is 7.11 Å². The zero-order valence-corrected chi connectivity index (χ0v) is 7.31. The van der Waals surface area contributed by atoms with Gasteiger partial charge in [-0.05, 0) is 30.7 Å². The van der Waals surface area contributed by atoms with Crippen LogP contribution in [0.25, 0.3) is 0 Å². The lowest BCUT2D eigenvalue weighted by atomic mass is 10.2. The van der Waals surface area contributed by atoms with E-state index in [9.17, 15) is 0 Å². The summed E-state index contributed by atoms with van der Waals surface area (Å²) in [5.41, 5.74) is 0.944. The zero-order chi connectivity index (χ0) is 7.56. The molecule has 0 unspecified atom stereocenters. The Balaban J connectivity index is 3.04. The first-order chi connectivity index (χ1) is 4.74. The van der Waals surface area contributed by atoms with Gasteiger partial charge < -0.3 is 4.74 Å². The molecule has 1 nitrogen and oxygen atoms in total. The number of ether oxygens (including phenoxy) is 1. The summed E-state index contributed by atoms with van der Waals surface area (Å²) >= 11 is 3.34. The molecule has 0 atom stereocenters. The number of benzene rings is 1. The molecule has 1 aromatic carbocycles. The van der Waals surface area contributed by atoms with E-state index in [1.807, 2.05) is 18.2 Å². The first kappa shape index (κ1) is 7.61. The van der Waals surface area contributed by atoms with Gasteiger partial charge in [0.15, 0.2) is 0 Å². The molecule has 2 heteroatoms. The van der Waals surface area contributed by atoms with E-state index in [2.05, 4.69) is 22.9 Å². The molecule has 53 valence electrons. The zero-order valence-electron chi connectivity index (χ0n) is 5.73. The highest BCUT2D eigenvalue weighted by Gasteiger charge is 1.94. The second kappa shape index (κ2) is 3.06. The van der Waals surface area contributed by atoms with Gasteiger partial charge in [0.2, 0.25) is 0 Å². The van der Waals surface area contributed by atoms with Crippen LogP contribution in [0.3, 0.4) is 0 Å². The van der Waals surface area contributed by atoms with Gasteiger partial charge in [0, 0.05) is 4.47 Å². The summed E-state index contributed by atoms with van der Waals surface area (Å²) in [6.07, 6.45) is 0. The summed E-state index contributed by atoms with van der Waals surface area (Å²) in [5, 5.41) is 0. The van der Waals surface area contributed by atoms with Crippen molar-refractivity contribution in [2.24, 2.45) is 0 Å². The molecule has 0 bridgehead atoms. The van der Waals surface area contributed by atoms with Gasteiger partial charge in [-0.25, -0.2) is 0 Å². The molecule has 0 heterocycles. The van der Waals surface area contributed by atoms with Crippen LogP contribution in [-0.2, 0) is 0 Å². The first-order valence-electron chi connectivity index (χ1n) is 2.89. The molecular weight excluding hydrogens is 192 g/mol. The average Bonchev–Trinajstić information content (AvgIpc) is 1.95. The van der Waals surface area contributed by atoms with Crippen molar-refractivity contribution < 1.29 is 4.74 Å². The van der Waals surface area contributed by atoms with Crippen molar-refractivity contribution in [2.45, 2.75) is 0 Å². The molecule has 0 aliphatic carbocycles. The van der Waals surface area contributed by atoms with Gasteiger partial charge in [-0.2, -0.15) is 0 Å². The highest BCUT2D eigenvalue weighted by molar-refractivity contribution is 9.10. The third-order valence-corrected chi connectivity index (χ3v) is 2.03. The summed E-state index contributed by atoms with van der Waals surface area (Å²) in [7, 11) is 1.64. The maximum absolute atomic E-state index is 4.99. The molecule has 1 rings (SSSR count). The van der Waals surface area contributed by atoms with Gasteiger partial charge in [0.05, 0.1) is 7.11 Å². The Morgan fingerprint density at radius 3 is 2.70 bits per heavy atom. The fourth-order valence-electron chi connectivity index (χ4n) is 0.678. The summed E-state index contributed by atoms with van der Waals surface area (Å²) in [4.78, 5) is 0. The van der Waals surface area contributed by atoms with Crippen LogP contribution in [0.5, 0.6) is 5.75 Å². The number of halogens is 1. The number of hydrogen-bond donors (Lipinski definition) is 0. The van der Waals surface area contributed by atoms with E-state index in [4.69, 9.17) is 4.74 Å². The van der Waals surface area contributed by atoms with E-state index in [1.165, 1.54) is 0 Å². The minimum Gasteiger partial charge on any atom is -0.497 e. The predicted octanol–water partition coefficient (Wildman–Crippen LogP) is 2.64. The predicted molar refractivity (Wildman–Crippen MR) is 45.2 cm³/mol. The minimum absolute atomic E-state index is 0.841. The van der Waals surface area contributed by atoms with E-state index >= 15 is 0 Å². The summed E-state index contributed by atoms with van der Waals surface area (Å²) in [6.45, 7) is 3.80. The highest BCUT2D eigenvalue weighted by atomic mass is 79.9. The Hall–Kier alpha value is -0.500. The SMILES string of the molecule is [CH2]c1cc(OC)ccc1Br. The molecule has 1 aromatic rings. The first-order valence-corrected chi connectivity index (χ1v) is 3.69. The Kier molecular flexibility index (Phi) is 2.33. The lowest BCUT2D eigenvalue weighted by Crippen LogP contribution is -1.83. The second-order valence-electron chi connectivity index (χ2n) is 1.96. The molecule has 0 saturated carbocycles. The van der Waals surface area contributed by atoms with Crippen molar-refractivity contribution in [3.63, 3.8) is 0 Å². The molecule has 10 heavy (non-hydrogen) atoms. The molecule has 0 aromatic heterocycles. The van der Waals surface area contributed by atoms with Gasteiger partial charge in [-0.3, -0.25) is 0 Å². The lowest BCUT2D eigenvalue weighted by molar-refractivity contribution is 0.414. The van der Waals surface area contributed by atoms with Crippen LogP contribution in [0.2, 0.25) is 0 Å². The fraction of sp³-hybridized carbons (Fsp3) is 0.125. The Bertz CT molecular complexity index is 233. The van der Waals surface area contributed by atoms with E-state index in [1.54, 1.807) is 7.11 Å². The molecule has 0 aliphatic rings. The van der Waals surface area contributed by atoms with Crippen LogP contribution in [0.1, 0.15) is 5.56 Å². The Labute approximate surface area is 69.1 Å². The van der Waals surface area contributed by atoms with Crippen LogP contribution in [0, 0.1) is 6.92 Å². The quantitative estimate of drug-likeness (QED) is 0.677. The molecular formula is C8H8BrO. The molecule has 0 saturated heterocycles. The van der Waals surface area contributed by atoms with Gasteiger partial charge in [-0.1, -0.05) is 15.9 Å². The van der Waals surface area contributed by atoms with Gasteiger partial charge >= 0.3 is 0 Å². The van der Waals surface area contributed by atoms with Crippen LogP contribution >= 0.6 is 15.9 Å². The molecule has 0 amide bonds. The van der Waals surface area contributed by atoms with E-state index in [-0.39, 0.29) is 0 Å². The molecule has 0 aliphatic heterocycles. The Morgan fingerprint density at radius 1 is 1.50 bits per heavy atom. The molecule has 0 spiro atoms. The normalized spacial score (nSPS) is 9.50. The van der Waals surface area contributed by atoms with Crippen LogP contribution in [0.4, 0.5) is 0 Å². The smallest absolute Gasteiger partial charge is 0.119 e. The largest absolute Gasteiger partial charge is 0.497 e. The van der Waals surface area contributed by atoms with Gasteiger partial charge in [0.1, 0.15) is 5.75 Å². The lowest BCUT2D eigenvalue weighted by Gasteiger charge is -2.01. The van der Waals surface area contributed by atoms with Crippen molar-refractivity contribution in [1.29, 1.82) is 0 Å². The number of hydrogen-bond acceptors (Lipinski definition) is 1. The fourth-order valence-corrected chi connectivity index (χ4v) is 0.925. The number of rotatable bonds is 1. The van der Waals surface area contributed by atoms with E-state index in [0.717, 1.165) is 15.8 Å². The second-order valence-corrected chi connectivity index (χ2v) is 2.81. The van der Waals surface area contributed by atoms with Crippen molar-refractivity contribution in [3.05, 3.63) is 35.2 Å². The minimum atomic E-state index is 0.841. The molecule has 0 fully saturated rings. The summed E-state index contributed by atoms with van der Waals surface area (Å²) in [6, 6.07) is 5.68. The van der Waals surface area contributed by atoms with Crippen molar-refractivity contribution >= 4 is 15.9 Å². The average molecular weight is 200 g/mol. The Morgan fingerprint density at radius 2 is 2.20 bits per heavy atom. The summed E-state index contributed by atoms with van der Waals surface area (Å²) < 4.78 is 6.00. The monoisotopic (exact) mass is 199 g/mol. The van der Waals surface area contributed by atoms with Gasteiger partial charge in [0.25, 0.3) is 0 Å². The van der Waals surface area contributed by atoms with Gasteiger partial charge in [-0.15, -0.1) is 0 Å². The van der Waals surface area contributed by atoms with E-state index in [0.29, 0.717) is 0 Å². The maximum Gasteiger partial charge on any atom is 0.119 e. The third-order valence-electron chi connectivity index (χ3n) is 1.25. The van der Waals surface area contributed by atoms with Crippen molar-refractivity contribution in [3.8, 4) is 5.75 Å². The third kappa shape index (κ3) is 1.51. The topological polar surface area (TPSA) is 9.23 Å². The standard InChI is InChI=1S/C8H8BrO/c1-6-5-7(10-2)3-4-8(6)9/h3-5H,1H2,2H3. The molecule has 0 N–H and O–H groups in total. The van der Waals surface area contributed by atoms with Crippen molar-refractivity contribution in [1.82, 2.24) is 0 Å². The van der Waals surface area contributed by atoms with Crippen LogP contribution in [0.15, 0.2) is 22.7 Å². The highest BCUT2D eigenvalue weighted by Crippen LogP contribution is 2.20. The summed E-state index contributed by atoms with van der Waals surface area (Å²) in [5.74, 6) is 0.841. The maximum atomic E-state index is 4.99. The van der Waals surface area contributed by atoms with Crippen LogP contribution < -0.4 is 4.74 Å².